The second kappa shape index (κ2) is 3.14. The topological polar surface area (TPSA) is 71.4 Å². The second-order valence-corrected chi connectivity index (χ2v) is 3.55. The molecular formula is C7H5FO4S. The van der Waals surface area contributed by atoms with Crippen molar-refractivity contribution in [2.24, 2.45) is 0 Å². The third-order valence-electron chi connectivity index (χ3n) is 1.38. The maximum absolute atomic E-state index is 12.5. The van der Waals surface area contributed by atoms with E-state index < -0.39 is 26.7 Å². The van der Waals surface area contributed by atoms with Crippen LogP contribution in [0.2, 0.25) is 0 Å². The molecule has 0 aliphatic rings. The standard InChI is InChI=1S/C7H5FO4S/c8-13(11,12)6-4-2-1-3-5(6)7(9)10/h1-4H,(H,9,10). The zero-order valence-corrected chi connectivity index (χ0v) is 7.08. The lowest BCUT2D eigenvalue weighted by Crippen LogP contribution is -2.04. The van der Waals surface area contributed by atoms with Gasteiger partial charge in [-0.15, -0.1) is 3.89 Å². The molecule has 0 saturated carbocycles. The van der Waals surface area contributed by atoms with Gasteiger partial charge in [0.1, 0.15) is 4.90 Å². The van der Waals surface area contributed by atoms with Gasteiger partial charge in [-0.25, -0.2) is 4.79 Å². The molecule has 0 aliphatic heterocycles. The lowest BCUT2D eigenvalue weighted by Gasteiger charge is -1.99. The summed E-state index contributed by atoms with van der Waals surface area (Å²) in [4.78, 5) is 9.62. The summed E-state index contributed by atoms with van der Waals surface area (Å²) in [6, 6.07) is 4.49. The monoisotopic (exact) mass is 204 g/mol. The highest BCUT2D eigenvalue weighted by Gasteiger charge is 2.20. The van der Waals surface area contributed by atoms with Crippen molar-refractivity contribution in [3.8, 4) is 0 Å². The van der Waals surface area contributed by atoms with E-state index in [4.69, 9.17) is 5.11 Å². The van der Waals surface area contributed by atoms with Crippen molar-refractivity contribution >= 4 is 16.2 Å². The molecule has 0 heterocycles. The van der Waals surface area contributed by atoms with Gasteiger partial charge in [-0.2, -0.15) is 8.42 Å². The van der Waals surface area contributed by atoms with Crippen LogP contribution in [0, 0.1) is 0 Å². The van der Waals surface area contributed by atoms with Gasteiger partial charge >= 0.3 is 16.2 Å². The van der Waals surface area contributed by atoms with Crippen molar-refractivity contribution in [1.82, 2.24) is 0 Å². The molecule has 0 unspecified atom stereocenters. The maximum atomic E-state index is 12.5. The molecule has 0 amide bonds. The zero-order chi connectivity index (χ0) is 10.1. The minimum absolute atomic E-state index is 0.565. The maximum Gasteiger partial charge on any atom is 0.337 e. The first-order chi connectivity index (χ1) is 5.93. The fourth-order valence-corrected chi connectivity index (χ4v) is 1.52. The predicted molar refractivity (Wildman–Crippen MR) is 41.7 cm³/mol. The number of carbonyl (C=O) groups is 1. The third-order valence-corrected chi connectivity index (χ3v) is 2.26. The van der Waals surface area contributed by atoms with Gasteiger partial charge in [-0.1, -0.05) is 12.1 Å². The molecule has 1 rings (SSSR count). The molecule has 6 heteroatoms. The molecule has 13 heavy (non-hydrogen) atoms. The van der Waals surface area contributed by atoms with Crippen LogP contribution in [0.4, 0.5) is 3.89 Å². The number of hydrogen-bond donors (Lipinski definition) is 1. The quantitative estimate of drug-likeness (QED) is 0.730. The van der Waals surface area contributed by atoms with Crippen LogP contribution in [0.25, 0.3) is 0 Å². The molecule has 0 saturated heterocycles. The SMILES string of the molecule is O=C(O)c1ccccc1S(=O)(=O)F. The molecule has 0 aliphatic carbocycles. The minimum atomic E-state index is -4.96. The molecule has 0 bridgehead atoms. The number of benzene rings is 1. The van der Waals surface area contributed by atoms with E-state index in [0.717, 1.165) is 12.1 Å². The summed E-state index contributed by atoms with van der Waals surface area (Å²) in [6.07, 6.45) is 0. The van der Waals surface area contributed by atoms with E-state index in [-0.39, 0.29) is 0 Å². The van der Waals surface area contributed by atoms with Gasteiger partial charge < -0.3 is 5.11 Å². The van der Waals surface area contributed by atoms with Crippen molar-refractivity contribution in [1.29, 1.82) is 0 Å². The largest absolute Gasteiger partial charge is 0.478 e. The van der Waals surface area contributed by atoms with Crippen molar-refractivity contribution < 1.29 is 22.2 Å². The minimum Gasteiger partial charge on any atom is -0.478 e. The van der Waals surface area contributed by atoms with Crippen molar-refractivity contribution in [2.75, 3.05) is 0 Å². The highest BCUT2D eigenvalue weighted by Crippen LogP contribution is 2.17. The molecule has 0 atom stereocenters. The Kier molecular flexibility index (Phi) is 2.33. The van der Waals surface area contributed by atoms with Crippen LogP contribution in [0.3, 0.4) is 0 Å². The van der Waals surface area contributed by atoms with Crippen molar-refractivity contribution in [3.05, 3.63) is 29.8 Å². The molecule has 1 N–H and O–H groups in total. The van der Waals surface area contributed by atoms with Gasteiger partial charge in [-0.05, 0) is 12.1 Å². The Morgan fingerprint density at radius 3 is 2.23 bits per heavy atom. The Morgan fingerprint density at radius 2 is 1.85 bits per heavy atom. The van der Waals surface area contributed by atoms with Gasteiger partial charge in [0.2, 0.25) is 0 Å². The van der Waals surface area contributed by atoms with Crippen molar-refractivity contribution in [3.63, 3.8) is 0 Å². The number of carboxylic acid groups (broad SMARTS) is 1. The van der Waals surface area contributed by atoms with E-state index in [9.17, 15) is 17.1 Å². The van der Waals surface area contributed by atoms with E-state index in [1.807, 2.05) is 0 Å². The molecule has 0 spiro atoms. The summed E-state index contributed by atoms with van der Waals surface area (Å²) in [5, 5.41) is 8.50. The van der Waals surface area contributed by atoms with Gasteiger partial charge in [0.15, 0.2) is 0 Å². The van der Waals surface area contributed by atoms with Gasteiger partial charge in [-0.3, -0.25) is 0 Å². The molecule has 0 aromatic heterocycles. The van der Waals surface area contributed by atoms with Crippen LogP contribution in [-0.2, 0) is 10.2 Å². The Morgan fingerprint density at radius 1 is 1.31 bits per heavy atom. The predicted octanol–water partition coefficient (Wildman–Crippen LogP) is 1.04. The summed E-state index contributed by atoms with van der Waals surface area (Å²) in [5.74, 6) is -1.48. The molecule has 0 fully saturated rings. The Labute approximate surface area is 73.8 Å². The Hall–Kier alpha value is -1.43. The molecule has 1 aromatic rings. The molecular weight excluding hydrogens is 199 g/mol. The number of aromatic carboxylic acids is 1. The summed E-state index contributed by atoms with van der Waals surface area (Å²) >= 11 is 0. The van der Waals surface area contributed by atoms with Gasteiger partial charge in [0, 0.05) is 0 Å². The summed E-state index contributed by atoms with van der Waals surface area (Å²) in [7, 11) is -4.96. The summed E-state index contributed by atoms with van der Waals surface area (Å²) in [6.45, 7) is 0. The molecule has 0 radical (unpaired) electrons. The van der Waals surface area contributed by atoms with E-state index in [1.54, 1.807) is 0 Å². The second-order valence-electron chi connectivity index (χ2n) is 2.24. The fourth-order valence-electron chi connectivity index (χ4n) is 0.856. The summed E-state index contributed by atoms with van der Waals surface area (Å²) in [5.41, 5.74) is -0.565. The first kappa shape index (κ1) is 9.66. The lowest BCUT2D eigenvalue weighted by molar-refractivity contribution is 0.0692. The Bertz CT molecular complexity index is 438. The van der Waals surface area contributed by atoms with Crippen LogP contribution >= 0.6 is 0 Å². The normalized spacial score (nSPS) is 11.2. The number of rotatable bonds is 2. The van der Waals surface area contributed by atoms with Crippen molar-refractivity contribution in [2.45, 2.75) is 4.90 Å². The van der Waals surface area contributed by atoms with Gasteiger partial charge in [0.25, 0.3) is 0 Å². The van der Waals surface area contributed by atoms with Crippen LogP contribution in [0.15, 0.2) is 29.2 Å². The number of carboxylic acids is 1. The van der Waals surface area contributed by atoms with Crippen LogP contribution < -0.4 is 0 Å². The summed E-state index contributed by atoms with van der Waals surface area (Å²) < 4.78 is 33.3. The molecule has 70 valence electrons. The first-order valence-corrected chi connectivity index (χ1v) is 4.58. The lowest BCUT2D eigenvalue weighted by atomic mass is 10.2. The van der Waals surface area contributed by atoms with Gasteiger partial charge in [0.05, 0.1) is 5.56 Å². The average molecular weight is 204 g/mol. The molecule has 1 aromatic carbocycles. The number of hydrogen-bond acceptors (Lipinski definition) is 3. The first-order valence-electron chi connectivity index (χ1n) is 3.20. The highest BCUT2D eigenvalue weighted by atomic mass is 32.3. The van der Waals surface area contributed by atoms with E-state index in [0.29, 0.717) is 0 Å². The average Bonchev–Trinajstić information content (AvgIpc) is 2.03. The Balaban J connectivity index is 3.46. The molecule has 4 nitrogen and oxygen atoms in total. The van der Waals surface area contributed by atoms with Crippen LogP contribution in [0.5, 0.6) is 0 Å². The fraction of sp³-hybridized carbons (Fsp3) is 0. The third kappa shape index (κ3) is 2.03. The number of halogens is 1. The van der Waals surface area contributed by atoms with Crippen LogP contribution in [0.1, 0.15) is 10.4 Å². The highest BCUT2D eigenvalue weighted by molar-refractivity contribution is 7.86. The van der Waals surface area contributed by atoms with Crippen LogP contribution in [-0.4, -0.2) is 19.5 Å². The van der Waals surface area contributed by atoms with E-state index in [2.05, 4.69) is 0 Å². The van der Waals surface area contributed by atoms with E-state index in [1.165, 1.54) is 12.1 Å². The smallest absolute Gasteiger partial charge is 0.337 e. The zero-order valence-electron chi connectivity index (χ0n) is 6.27. The van der Waals surface area contributed by atoms with E-state index >= 15 is 0 Å².